The molecule has 2 N–H and O–H groups in total. The van der Waals surface area contributed by atoms with Crippen LogP contribution in [0.2, 0.25) is 0 Å². The third-order valence-corrected chi connectivity index (χ3v) is 2.70. The molecule has 0 aliphatic heterocycles. The number of carbonyl (C=O) groups is 1. The maximum Gasteiger partial charge on any atom is 0.244 e. The average Bonchev–Trinajstić information content (AvgIpc) is 2.86. The van der Waals surface area contributed by atoms with Crippen molar-refractivity contribution in [2.75, 3.05) is 11.9 Å². The van der Waals surface area contributed by atoms with Crippen molar-refractivity contribution in [1.82, 2.24) is 14.9 Å². The zero-order valence-corrected chi connectivity index (χ0v) is 11.3. The number of hydrogen-bond donors (Lipinski definition) is 2. The average molecular weight is 276 g/mol. The summed E-state index contributed by atoms with van der Waals surface area (Å²) in [6.07, 6.45) is 3.45. The second kappa shape index (κ2) is 6.81. The molecule has 6 heteroatoms. The van der Waals surface area contributed by atoms with Gasteiger partial charge in [-0.3, -0.25) is 4.79 Å². The van der Waals surface area contributed by atoms with Gasteiger partial charge in [0.1, 0.15) is 12.4 Å². The van der Waals surface area contributed by atoms with Crippen molar-refractivity contribution < 1.29 is 9.18 Å². The number of carbonyl (C=O) groups excluding carboxylic acids is 1. The van der Waals surface area contributed by atoms with Crippen molar-refractivity contribution in [2.45, 2.75) is 20.0 Å². The fourth-order valence-corrected chi connectivity index (χ4v) is 1.74. The highest BCUT2D eigenvalue weighted by atomic mass is 19.1. The van der Waals surface area contributed by atoms with Gasteiger partial charge in [-0.2, -0.15) is 0 Å². The van der Waals surface area contributed by atoms with E-state index in [1.807, 2.05) is 13.1 Å². The summed E-state index contributed by atoms with van der Waals surface area (Å²) in [4.78, 5) is 16.0. The standard InChI is InChI=1S/C14H17FN4O/c1-2-16-7-13-8-19(10-17-13)9-14(20)18-12-5-3-11(15)4-6-12/h3-6,8,10,16H,2,7,9H2,1H3,(H,18,20). The zero-order valence-electron chi connectivity index (χ0n) is 11.3. The predicted molar refractivity (Wildman–Crippen MR) is 74.6 cm³/mol. The van der Waals surface area contributed by atoms with E-state index < -0.39 is 0 Å². The third-order valence-electron chi connectivity index (χ3n) is 2.70. The quantitative estimate of drug-likeness (QED) is 0.845. The highest BCUT2D eigenvalue weighted by Gasteiger charge is 2.05. The summed E-state index contributed by atoms with van der Waals surface area (Å²) in [5.74, 6) is -0.505. The molecule has 1 aromatic carbocycles. The number of nitrogens with one attached hydrogen (secondary N) is 2. The molecule has 1 heterocycles. The molecule has 0 radical (unpaired) electrons. The molecule has 20 heavy (non-hydrogen) atoms. The van der Waals surface area contributed by atoms with Crippen LogP contribution in [0.3, 0.4) is 0 Å². The van der Waals surface area contributed by atoms with Gasteiger partial charge in [0, 0.05) is 18.4 Å². The van der Waals surface area contributed by atoms with Crippen molar-refractivity contribution in [1.29, 1.82) is 0 Å². The largest absolute Gasteiger partial charge is 0.328 e. The summed E-state index contributed by atoms with van der Waals surface area (Å²) >= 11 is 0. The Bertz CT molecular complexity index is 565. The molecule has 2 aromatic rings. The monoisotopic (exact) mass is 276 g/mol. The number of imidazole rings is 1. The fraction of sp³-hybridized carbons (Fsp3) is 0.286. The smallest absolute Gasteiger partial charge is 0.244 e. The minimum Gasteiger partial charge on any atom is -0.328 e. The molecule has 0 unspecified atom stereocenters. The van der Waals surface area contributed by atoms with E-state index in [2.05, 4.69) is 15.6 Å². The predicted octanol–water partition coefficient (Wildman–Crippen LogP) is 1.77. The minimum atomic E-state index is -0.328. The summed E-state index contributed by atoms with van der Waals surface area (Å²) in [7, 11) is 0. The van der Waals surface area contributed by atoms with E-state index in [1.165, 1.54) is 24.3 Å². The lowest BCUT2D eigenvalue weighted by Gasteiger charge is -2.05. The summed E-state index contributed by atoms with van der Waals surface area (Å²) in [6, 6.07) is 5.66. The SMILES string of the molecule is CCNCc1cn(CC(=O)Nc2ccc(F)cc2)cn1. The first-order chi connectivity index (χ1) is 9.67. The van der Waals surface area contributed by atoms with Gasteiger partial charge in [-0.1, -0.05) is 6.92 Å². The Balaban J connectivity index is 1.87. The van der Waals surface area contributed by atoms with Gasteiger partial charge in [-0.05, 0) is 30.8 Å². The fourth-order valence-electron chi connectivity index (χ4n) is 1.74. The molecule has 106 valence electrons. The number of amides is 1. The van der Waals surface area contributed by atoms with Gasteiger partial charge in [0.25, 0.3) is 0 Å². The first-order valence-corrected chi connectivity index (χ1v) is 6.44. The zero-order chi connectivity index (χ0) is 14.4. The number of anilines is 1. The molecule has 0 spiro atoms. The number of halogens is 1. The van der Waals surface area contributed by atoms with Crippen LogP contribution in [0.1, 0.15) is 12.6 Å². The summed E-state index contributed by atoms with van der Waals surface area (Å²) < 4.78 is 14.5. The number of nitrogens with zero attached hydrogens (tertiary/aromatic N) is 2. The molecule has 1 amide bonds. The lowest BCUT2D eigenvalue weighted by Crippen LogP contribution is -2.18. The van der Waals surface area contributed by atoms with Crippen LogP contribution in [-0.4, -0.2) is 22.0 Å². The summed E-state index contributed by atoms with van der Waals surface area (Å²) in [5.41, 5.74) is 1.46. The van der Waals surface area contributed by atoms with Gasteiger partial charge in [-0.25, -0.2) is 9.37 Å². The first-order valence-electron chi connectivity index (χ1n) is 6.44. The number of rotatable bonds is 6. The van der Waals surface area contributed by atoms with Crippen molar-refractivity contribution in [2.24, 2.45) is 0 Å². The second-order valence-electron chi connectivity index (χ2n) is 4.37. The van der Waals surface area contributed by atoms with Crippen molar-refractivity contribution in [3.63, 3.8) is 0 Å². The van der Waals surface area contributed by atoms with Gasteiger partial charge in [0.05, 0.1) is 12.0 Å². The molecule has 0 fully saturated rings. The molecule has 0 bridgehead atoms. The Kier molecular flexibility index (Phi) is 4.84. The van der Waals surface area contributed by atoms with E-state index >= 15 is 0 Å². The van der Waals surface area contributed by atoms with Crippen LogP contribution in [0.25, 0.3) is 0 Å². The van der Waals surface area contributed by atoms with E-state index in [1.54, 1.807) is 10.9 Å². The van der Waals surface area contributed by atoms with Crippen LogP contribution < -0.4 is 10.6 Å². The lowest BCUT2D eigenvalue weighted by molar-refractivity contribution is -0.116. The number of aromatic nitrogens is 2. The van der Waals surface area contributed by atoms with Gasteiger partial charge in [0.15, 0.2) is 0 Å². The molecule has 0 atom stereocenters. The number of hydrogen-bond acceptors (Lipinski definition) is 3. The topological polar surface area (TPSA) is 59.0 Å². The van der Waals surface area contributed by atoms with E-state index in [9.17, 15) is 9.18 Å². The molecule has 1 aromatic heterocycles. The highest BCUT2D eigenvalue weighted by molar-refractivity contribution is 5.90. The van der Waals surface area contributed by atoms with Crippen LogP contribution in [0.5, 0.6) is 0 Å². The lowest BCUT2D eigenvalue weighted by atomic mass is 10.3. The van der Waals surface area contributed by atoms with Crippen LogP contribution in [0, 0.1) is 5.82 Å². The Morgan fingerprint density at radius 3 is 2.80 bits per heavy atom. The Morgan fingerprint density at radius 1 is 1.35 bits per heavy atom. The summed E-state index contributed by atoms with van der Waals surface area (Å²) in [5, 5.41) is 5.86. The molecule has 0 saturated heterocycles. The van der Waals surface area contributed by atoms with Crippen LogP contribution in [-0.2, 0) is 17.9 Å². The molecular formula is C14H17FN4O. The molecule has 0 aliphatic carbocycles. The second-order valence-corrected chi connectivity index (χ2v) is 4.37. The van der Waals surface area contributed by atoms with Gasteiger partial charge < -0.3 is 15.2 Å². The van der Waals surface area contributed by atoms with Gasteiger partial charge in [0.2, 0.25) is 5.91 Å². The molecule has 0 saturated carbocycles. The maximum atomic E-state index is 12.7. The molecular weight excluding hydrogens is 259 g/mol. The van der Waals surface area contributed by atoms with Crippen molar-refractivity contribution >= 4 is 11.6 Å². The Morgan fingerprint density at radius 2 is 2.10 bits per heavy atom. The molecule has 0 aliphatic rings. The third kappa shape index (κ3) is 4.17. The Labute approximate surface area is 116 Å². The normalized spacial score (nSPS) is 10.5. The Hall–Kier alpha value is -2.21. The van der Waals surface area contributed by atoms with Crippen LogP contribution in [0.15, 0.2) is 36.8 Å². The van der Waals surface area contributed by atoms with Crippen molar-refractivity contribution in [3.8, 4) is 0 Å². The first kappa shape index (κ1) is 14.2. The van der Waals surface area contributed by atoms with Crippen LogP contribution in [0.4, 0.5) is 10.1 Å². The molecule has 2 rings (SSSR count). The molecule has 5 nitrogen and oxygen atoms in total. The van der Waals surface area contributed by atoms with Crippen LogP contribution >= 0.6 is 0 Å². The van der Waals surface area contributed by atoms with E-state index in [0.29, 0.717) is 12.2 Å². The summed E-state index contributed by atoms with van der Waals surface area (Å²) in [6.45, 7) is 3.75. The van der Waals surface area contributed by atoms with Gasteiger partial charge >= 0.3 is 0 Å². The van der Waals surface area contributed by atoms with Gasteiger partial charge in [-0.15, -0.1) is 0 Å². The van der Waals surface area contributed by atoms with E-state index in [4.69, 9.17) is 0 Å². The van der Waals surface area contributed by atoms with E-state index in [0.717, 1.165) is 12.2 Å². The van der Waals surface area contributed by atoms with E-state index in [-0.39, 0.29) is 18.3 Å². The van der Waals surface area contributed by atoms with Crippen molar-refractivity contribution in [3.05, 3.63) is 48.3 Å². The number of benzene rings is 1. The highest BCUT2D eigenvalue weighted by Crippen LogP contribution is 2.08. The maximum absolute atomic E-state index is 12.7. The minimum absolute atomic E-state index is 0.177.